The Morgan fingerprint density at radius 1 is 1.14 bits per heavy atom. The average molecular weight is 433 g/mol. The topological polar surface area (TPSA) is 124 Å². The van der Waals surface area contributed by atoms with E-state index >= 15 is 0 Å². The molecule has 0 aliphatic heterocycles. The van der Waals surface area contributed by atoms with Gasteiger partial charge in [0.1, 0.15) is 5.75 Å². The summed E-state index contributed by atoms with van der Waals surface area (Å²) in [4.78, 5) is 24.0. The third kappa shape index (κ3) is 4.98. The molecular weight excluding hydrogens is 416 g/mol. The number of rotatable bonds is 6. The first-order chi connectivity index (χ1) is 14.0. The third-order valence-corrected chi connectivity index (χ3v) is 4.96. The Bertz CT molecular complexity index is 1020. The van der Waals surface area contributed by atoms with E-state index in [-0.39, 0.29) is 5.75 Å². The highest BCUT2D eigenvalue weighted by Crippen LogP contribution is 2.29. The Labute approximate surface area is 175 Å². The van der Waals surface area contributed by atoms with Gasteiger partial charge in [0, 0.05) is 10.6 Å². The molecule has 29 heavy (non-hydrogen) atoms. The minimum absolute atomic E-state index is 0.0256. The van der Waals surface area contributed by atoms with Crippen molar-refractivity contribution >= 4 is 35.2 Å². The van der Waals surface area contributed by atoms with E-state index in [1.165, 1.54) is 4.68 Å². The molecule has 0 aliphatic rings. The number of carbonyl (C=O) groups is 2. The van der Waals surface area contributed by atoms with Crippen molar-refractivity contribution < 1.29 is 14.3 Å². The fourth-order valence-electron chi connectivity index (χ4n) is 2.35. The number of nitrogens with zero attached hydrogens (tertiary/aromatic N) is 3. The van der Waals surface area contributed by atoms with E-state index in [0.717, 1.165) is 11.8 Å². The second-order valence-electron chi connectivity index (χ2n) is 5.67. The van der Waals surface area contributed by atoms with Gasteiger partial charge in [0.2, 0.25) is 11.1 Å². The number of hydrogen-bond acceptors (Lipinski definition) is 7. The maximum Gasteiger partial charge on any atom is 0.269 e. The van der Waals surface area contributed by atoms with Crippen LogP contribution in [0.2, 0.25) is 5.02 Å². The number of carbonyl (C=O) groups excluding carboxylic acids is 2. The molecule has 4 N–H and O–H groups in total. The summed E-state index contributed by atoms with van der Waals surface area (Å²) < 4.78 is 6.58. The Morgan fingerprint density at radius 3 is 2.59 bits per heavy atom. The highest BCUT2D eigenvalue weighted by molar-refractivity contribution is 7.99. The fourth-order valence-corrected chi connectivity index (χ4v) is 3.14. The van der Waals surface area contributed by atoms with Gasteiger partial charge in [0.05, 0.1) is 18.4 Å². The zero-order valence-electron chi connectivity index (χ0n) is 15.3. The van der Waals surface area contributed by atoms with Crippen molar-refractivity contribution in [3.05, 3.63) is 59.1 Å². The number of amides is 2. The summed E-state index contributed by atoms with van der Waals surface area (Å²) in [5.74, 6) is 6.15. The lowest BCUT2D eigenvalue weighted by molar-refractivity contribution is -0.119. The lowest BCUT2D eigenvalue weighted by Crippen LogP contribution is -2.42. The minimum atomic E-state index is -0.458. The van der Waals surface area contributed by atoms with Crippen LogP contribution < -0.4 is 21.4 Å². The summed E-state index contributed by atoms with van der Waals surface area (Å²) >= 11 is 6.86. The normalized spacial score (nSPS) is 10.4. The molecule has 0 spiro atoms. The van der Waals surface area contributed by atoms with Crippen molar-refractivity contribution in [2.75, 3.05) is 18.7 Å². The van der Waals surface area contributed by atoms with E-state index in [4.69, 9.17) is 22.2 Å². The molecule has 3 aromatic rings. The molecule has 0 saturated heterocycles. The number of ether oxygens (including phenoxy) is 1. The van der Waals surface area contributed by atoms with Crippen LogP contribution in [0.3, 0.4) is 0 Å². The van der Waals surface area contributed by atoms with E-state index in [9.17, 15) is 9.59 Å². The van der Waals surface area contributed by atoms with Crippen molar-refractivity contribution in [2.24, 2.45) is 0 Å². The van der Waals surface area contributed by atoms with Gasteiger partial charge in [-0.25, -0.2) is 4.68 Å². The Morgan fingerprint density at radius 2 is 1.86 bits per heavy atom. The first kappa shape index (κ1) is 20.5. The van der Waals surface area contributed by atoms with Crippen molar-refractivity contribution in [3.8, 4) is 17.1 Å². The first-order valence-electron chi connectivity index (χ1n) is 8.31. The molecule has 1 aromatic heterocycles. The summed E-state index contributed by atoms with van der Waals surface area (Å²) in [5.41, 5.74) is 5.70. The molecular formula is C18H17ClN6O3S. The van der Waals surface area contributed by atoms with Gasteiger partial charge in [-0.05, 0) is 36.4 Å². The summed E-state index contributed by atoms with van der Waals surface area (Å²) in [6.45, 7) is 0. The molecule has 0 radical (unpaired) electrons. The molecule has 0 saturated carbocycles. The van der Waals surface area contributed by atoms with Crippen molar-refractivity contribution in [1.29, 1.82) is 0 Å². The zero-order valence-corrected chi connectivity index (χ0v) is 16.8. The Kier molecular flexibility index (Phi) is 6.57. The quantitative estimate of drug-likeness (QED) is 0.308. The van der Waals surface area contributed by atoms with Gasteiger partial charge in [-0.2, -0.15) is 0 Å². The summed E-state index contributed by atoms with van der Waals surface area (Å²) in [7, 11) is 1.55. The van der Waals surface area contributed by atoms with Crippen LogP contribution >= 0.6 is 23.4 Å². The van der Waals surface area contributed by atoms with Gasteiger partial charge in [0.25, 0.3) is 5.91 Å². The van der Waals surface area contributed by atoms with Crippen molar-refractivity contribution in [3.63, 3.8) is 0 Å². The number of hydrazine groups is 1. The van der Waals surface area contributed by atoms with Crippen LogP contribution in [0.15, 0.2) is 53.7 Å². The number of hydrogen-bond donors (Lipinski definition) is 3. The predicted molar refractivity (Wildman–Crippen MR) is 110 cm³/mol. The zero-order chi connectivity index (χ0) is 20.8. The standard InChI is InChI=1S/C18H17ClN6O3S/c1-28-14-5-3-2-4-13(14)16-22-24-18(25(16)20)29-10-15(26)21-23-17(27)11-6-8-12(19)9-7-11/h2-9H,10,20H2,1H3,(H,21,26)(H,23,27). The average Bonchev–Trinajstić information content (AvgIpc) is 3.11. The summed E-state index contributed by atoms with van der Waals surface area (Å²) in [6.07, 6.45) is 0. The SMILES string of the molecule is COc1ccccc1-c1nnc(SCC(=O)NNC(=O)c2ccc(Cl)cc2)n1N. The van der Waals surface area contributed by atoms with Crippen LogP contribution in [0.4, 0.5) is 0 Å². The van der Waals surface area contributed by atoms with Crippen LogP contribution in [0.1, 0.15) is 10.4 Å². The van der Waals surface area contributed by atoms with Crippen LogP contribution in [0.25, 0.3) is 11.4 Å². The second kappa shape index (κ2) is 9.30. The molecule has 2 aromatic carbocycles. The molecule has 0 atom stereocenters. The molecule has 11 heteroatoms. The number of nitrogens with one attached hydrogen (secondary N) is 2. The number of halogens is 1. The minimum Gasteiger partial charge on any atom is -0.496 e. The van der Waals surface area contributed by atoms with E-state index in [2.05, 4.69) is 21.0 Å². The maximum atomic E-state index is 12.0. The highest BCUT2D eigenvalue weighted by Gasteiger charge is 2.17. The maximum absolute atomic E-state index is 12.0. The largest absolute Gasteiger partial charge is 0.496 e. The Balaban J connectivity index is 1.56. The molecule has 0 aliphatic carbocycles. The number of thioether (sulfide) groups is 1. The number of aromatic nitrogens is 3. The summed E-state index contributed by atoms with van der Waals surface area (Å²) in [6, 6.07) is 13.5. The molecule has 1 heterocycles. The number of nitrogen functional groups attached to an aromatic ring is 1. The van der Waals surface area contributed by atoms with Gasteiger partial charge in [-0.15, -0.1) is 10.2 Å². The lowest BCUT2D eigenvalue weighted by Gasteiger charge is -2.08. The number of methoxy groups -OCH3 is 1. The van der Waals surface area contributed by atoms with Gasteiger partial charge >= 0.3 is 0 Å². The molecule has 150 valence electrons. The van der Waals surface area contributed by atoms with Crippen LogP contribution in [0, 0.1) is 0 Å². The molecule has 0 unspecified atom stereocenters. The number of benzene rings is 2. The van der Waals surface area contributed by atoms with Gasteiger partial charge < -0.3 is 10.6 Å². The smallest absolute Gasteiger partial charge is 0.269 e. The highest BCUT2D eigenvalue weighted by atomic mass is 35.5. The Hall–Kier alpha value is -3.24. The second-order valence-corrected chi connectivity index (χ2v) is 7.05. The third-order valence-electron chi connectivity index (χ3n) is 3.77. The van der Waals surface area contributed by atoms with E-state index < -0.39 is 11.8 Å². The fraction of sp³-hybridized carbons (Fsp3) is 0.111. The van der Waals surface area contributed by atoms with Crippen molar-refractivity contribution in [2.45, 2.75) is 5.16 Å². The van der Waals surface area contributed by atoms with Gasteiger partial charge in [0.15, 0.2) is 5.82 Å². The molecule has 0 fully saturated rings. The van der Waals surface area contributed by atoms with Crippen molar-refractivity contribution in [1.82, 2.24) is 25.7 Å². The monoisotopic (exact) mass is 432 g/mol. The van der Waals surface area contributed by atoms with Crippen LogP contribution in [-0.4, -0.2) is 39.6 Å². The van der Waals surface area contributed by atoms with E-state index in [0.29, 0.717) is 32.9 Å². The van der Waals surface area contributed by atoms with E-state index in [1.807, 2.05) is 12.1 Å². The van der Waals surface area contributed by atoms with Crippen LogP contribution in [0.5, 0.6) is 5.75 Å². The first-order valence-corrected chi connectivity index (χ1v) is 9.67. The number of para-hydroxylation sites is 1. The molecule has 9 nitrogen and oxygen atoms in total. The molecule has 0 bridgehead atoms. The van der Waals surface area contributed by atoms with Gasteiger partial charge in [-0.1, -0.05) is 35.5 Å². The molecule has 3 rings (SSSR count). The number of nitrogens with two attached hydrogens (primary N) is 1. The summed E-state index contributed by atoms with van der Waals surface area (Å²) in [5, 5.41) is 8.93. The van der Waals surface area contributed by atoms with E-state index in [1.54, 1.807) is 43.5 Å². The van der Waals surface area contributed by atoms with Crippen LogP contribution in [-0.2, 0) is 4.79 Å². The molecule has 2 amide bonds. The predicted octanol–water partition coefficient (Wildman–Crippen LogP) is 1.87. The van der Waals surface area contributed by atoms with Gasteiger partial charge in [-0.3, -0.25) is 20.4 Å². The lowest BCUT2D eigenvalue weighted by atomic mass is 10.2.